The van der Waals surface area contributed by atoms with E-state index in [-0.39, 0.29) is 30.4 Å². The van der Waals surface area contributed by atoms with Crippen LogP contribution in [0.4, 0.5) is 0 Å². The van der Waals surface area contributed by atoms with E-state index in [0.29, 0.717) is 11.4 Å². The number of nitrogens with one attached hydrogen (secondary N) is 2. The third-order valence-corrected chi connectivity index (χ3v) is 2.73. The Kier molecular flexibility index (Phi) is 4.16. The van der Waals surface area contributed by atoms with E-state index in [1.807, 2.05) is 0 Å². The quantitative estimate of drug-likeness (QED) is 0.463. The van der Waals surface area contributed by atoms with E-state index in [0.717, 1.165) is 0 Å². The molecule has 1 atom stereocenters. The average Bonchev–Trinajstić information content (AvgIpc) is 2.93. The van der Waals surface area contributed by atoms with Crippen LogP contribution in [-0.4, -0.2) is 37.3 Å². The largest absolute Gasteiger partial charge is 0.504 e. The van der Waals surface area contributed by atoms with Gasteiger partial charge < -0.3 is 21.3 Å². The summed E-state index contributed by atoms with van der Waals surface area (Å²) in [4.78, 5) is 15.7. The number of nitrogens with two attached hydrogens (primary N) is 1. The number of aromatic amines is 1. The summed E-state index contributed by atoms with van der Waals surface area (Å²) in [5.41, 5.74) is 6.43. The Morgan fingerprint density at radius 3 is 2.85 bits per heavy atom. The van der Waals surface area contributed by atoms with Crippen molar-refractivity contribution in [3.63, 3.8) is 0 Å². The lowest BCUT2D eigenvalue weighted by Crippen LogP contribution is -2.41. The van der Waals surface area contributed by atoms with Crippen molar-refractivity contribution in [2.24, 2.45) is 5.73 Å². The van der Waals surface area contributed by atoms with E-state index < -0.39 is 6.04 Å². The first kappa shape index (κ1) is 13.8. The van der Waals surface area contributed by atoms with E-state index in [9.17, 15) is 15.0 Å². The minimum absolute atomic E-state index is 0.211. The fraction of sp³-hybridized carbons (Fsp3) is 0.250. The highest BCUT2D eigenvalue weighted by molar-refractivity contribution is 5.81. The van der Waals surface area contributed by atoms with Crippen LogP contribution in [0.2, 0.25) is 0 Å². The molecule has 0 saturated heterocycles. The van der Waals surface area contributed by atoms with Gasteiger partial charge in [0.15, 0.2) is 11.5 Å². The number of phenolic OH excluding ortho intramolecular Hbond substituents is 2. The number of hydrogen-bond donors (Lipinski definition) is 5. The lowest BCUT2D eigenvalue weighted by molar-refractivity contribution is -0.122. The normalized spacial score (nSPS) is 12.1. The van der Waals surface area contributed by atoms with Gasteiger partial charge in [0.1, 0.15) is 12.2 Å². The number of aromatic hydroxyl groups is 2. The molecule has 0 fully saturated rings. The fourth-order valence-corrected chi connectivity index (χ4v) is 1.66. The zero-order valence-corrected chi connectivity index (χ0v) is 10.6. The smallest absolute Gasteiger partial charge is 0.237 e. The molecule has 106 valence electrons. The predicted molar refractivity (Wildman–Crippen MR) is 69.7 cm³/mol. The number of rotatable bonds is 5. The van der Waals surface area contributed by atoms with Gasteiger partial charge in [-0.15, -0.1) is 0 Å². The molecule has 6 N–H and O–H groups in total. The van der Waals surface area contributed by atoms with Gasteiger partial charge in [-0.05, 0) is 24.1 Å². The van der Waals surface area contributed by atoms with Crippen molar-refractivity contribution in [1.82, 2.24) is 20.5 Å². The molecule has 0 aliphatic carbocycles. The van der Waals surface area contributed by atoms with Crippen molar-refractivity contribution in [3.8, 4) is 11.5 Å². The zero-order valence-electron chi connectivity index (χ0n) is 10.6. The minimum atomic E-state index is -0.762. The molecular weight excluding hydrogens is 262 g/mol. The minimum Gasteiger partial charge on any atom is -0.504 e. The summed E-state index contributed by atoms with van der Waals surface area (Å²) in [6.45, 7) is 0.216. The molecule has 1 aromatic carbocycles. The van der Waals surface area contributed by atoms with E-state index in [2.05, 4.69) is 20.5 Å². The van der Waals surface area contributed by atoms with Crippen molar-refractivity contribution < 1.29 is 15.0 Å². The van der Waals surface area contributed by atoms with Gasteiger partial charge in [-0.1, -0.05) is 6.07 Å². The van der Waals surface area contributed by atoms with Crippen LogP contribution in [0.3, 0.4) is 0 Å². The van der Waals surface area contributed by atoms with E-state index >= 15 is 0 Å². The summed E-state index contributed by atoms with van der Waals surface area (Å²) in [7, 11) is 0. The van der Waals surface area contributed by atoms with E-state index in [4.69, 9.17) is 5.73 Å². The maximum absolute atomic E-state index is 11.8. The molecular formula is C12H15N5O3. The Bertz CT molecular complexity index is 585. The average molecular weight is 277 g/mol. The molecule has 0 saturated carbocycles. The van der Waals surface area contributed by atoms with Gasteiger partial charge in [0.2, 0.25) is 5.91 Å². The molecule has 0 aliphatic heterocycles. The molecule has 0 radical (unpaired) electrons. The van der Waals surface area contributed by atoms with Gasteiger partial charge >= 0.3 is 0 Å². The van der Waals surface area contributed by atoms with E-state index in [1.54, 1.807) is 6.07 Å². The molecule has 2 rings (SSSR count). The third-order valence-electron chi connectivity index (χ3n) is 2.73. The standard InChI is InChI=1S/C12H15N5O3/c13-8(3-7-1-2-9(18)10(19)4-7)12(20)14-5-11-15-6-16-17-11/h1-2,4,6,8,18-19H,3,5,13H2,(H,14,20)(H,15,16,17)/t8-/m0/s1. The molecule has 0 aliphatic rings. The number of aromatic nitrogens is 3. The summed E-state index contributed by atoms with van der Waals surface area (Å²) in [5.74, 6) is -0.254. The van der Waals surface area contributed by atoms with E-state index in [1.165, 1.54) is 18.5 Å². The molecule has 8 heteroatoms. The highest BCUT2D eigenvalue weighted by Gasteiger charge is 2.15. The lowest BCUT2D eigenvalue weighted by atomic mass is 10.1. The second-order valence-electron chi connectivity index (χ2n) is 4.28. The van der Waals surface area contributed by atoms with Crippen molar-refractivity contribution in [2.75, 3.05) is 0 Å². The van der Waals surface area contributed by atoms with Gasteiger partial charge in [-0.3, -0.25) is 9.89 Å². The number of phenols is 2. The van der Waals surface area contributed by atoms with Gasteiger partial charge in [0.05, 0.1) is 12.6 Å². The van der Waals surface area contributed by atoms with Crippen molar-refractivity contribution >= 4 is 5.91 Å². The number of benzene rings is 1. The Balaban J connectivity index is 1.88. The molecule has 1 heterocycles. The first-order valence-electron chi connectivity index (χ1n) is 5.94. The monoisotopic (exact) mass is 277 g/mol. The molecule has 0 unspecified atom stereocenters. The van der Waals surface area contributed by atoms with Crippen LogP contribution in [-0.2, 0) is 17.8 Å². The topological polar surface area (TPSA) is 137 Å². The van der Waals surface area contributed by atoms with Crippen molar-refractivity contribution in [1.29, 1.82) is 0 Å². The highest BCUT2D eigenvalue weighted by atomic mass is 16.3. The lowest BCUT2D eigenvalue weighted by Gasteiger charge is -2.12. The maximum atomic E-state index is 11.8. The van der Waals surface area contributed by atoms with Crippen molar-refractivity contribution in [3.05, 3.63) is 35.9 Å². The predicted octanol–water partition coefficient (Wildman–Crippen LogP) is -0.598. The second kappa shape index (κ2) is 6.02. The highest BCUT2D eigenvalue weighted by Crippen LogP contribution is 2.25. The van der Waals surface area contributed by atoms with Gasteiger partial charge in [-0.2, -0.15) is 5.10 Å². The van der Waals surface area contributed by atoms with Crippen LogP contribution in [0.1, 0.15) is 11.4 Å². The molecule has 1 aromatic heterocycles. The zero-order chi connectivity index (χ0) is 14.5. The van der Waals surface area contributed by atoms with Crippen LogP contribution >= 0.6 is 0 Å². The van der Waals surface area contributed by atoms with Crippen molar-refractivity contribution in [2.45, 2.75) is 19.0 Å². The molecule has 2 aromatic rings. The summed E-state index contributed by atoms with van der Waals surface area (Å²) >= 11 is 0. The number of nitrogens with zero attached hydrogens (tertiary/aromatic N) is 2. The van der Waals surface area contributed by atoms with Gasteiger partial charge in [-0.25, -0.2) is 4.98 Å². The van der Waals surface area contributed by atoms with Crippen LogP contribution < -0.4 is 11.1 Å². The number of amides is 1. The first-order chi connectivity index (χ1) is 9.56. The Labute approximate surface area is 114 Å². The molecule has 8 nitrogen and oxygen atoms in total. The number of carbonyl (C=O) groups excluding carboxylic acids is 1. The van der Waals surface area contributed by atoms with Gasteiger partial charge in [0.25, 0.3) is 0 Å². The first-order valence-corrected chi connectivity index (χ1v) is 5.94. The summed E-state index contributed by atoms with van der Waals surface area (Å²) in [6, 6.07) is 3.56. The molecule has 1 amide bonds. The van der Waals surface area contributed by atoms with Crippen LogP contribution in [0.15, 0.2) is 24.5 Å². The Hall–Kier alpha value is -2.61. The van der Waals surface area contributed by atoms with Crippen LogP contribution in [0, 0.1) is 0 Å². The second-order valence-corrected chi connectivity index (χ2v) is 4.28. The molecule has 20 heavy (non-hydrogen) atoms. The van der Waals surface area contributed by atoms with Crippen LogP contribution in [0.25, 0.3) is 0 Å². The third kappa shape index (κ3) is 3.45. The number of H-pyrrole nitrogens is 1. The number of hydrogen-bond acceptors (Lipinski definition) is 6. The number of carbonyl (C=O) groups is 1. The Morgan fingerprint density at radius 1 is 1.40 bits per heavy atom. The molecule has 0 spiro atoms. The summed E-state index contributed by atoms with van der Waals surface area (Å²) in [6.07, 6.45) is 1.59. The summed E-state index contributed by atoms with van der Waals surface area (Å²) < 4.78 is 0. The molecule has 0 bridgehead atoms. The SMILES string of the molecule is N[C@@H](Cc1ccc(O)c(O)c1)C(=O)NCc1ncn[nH]1. The van der Waals surface area contributed by atoms with Gasteiger partial charge in [0, 0.05) is 0 Å². The maximum Gasteiger partial charge on any atom is 0.237 e. The fourth-order valence-electron chi connectivity index (χ4n) is 1.66. The summed E-state index contributed by atoms with van der Waals surface area (Å²) in [5, 5.41) is 27.5. The Morgan fingerprint density at radius 2 is 2.20 bits per heavy atom. The van der Waals surface area contributed by atoms with Crippen LogP contribution in [0.5, 0.6) is 11.5 Å².